The summed E-state index contributed by atoms with van der Waals surface area (Å²) in [5.74, 6) is 0.337. The number of benzene rings is 1. The molecule has 1 amide bonds. The number of rotatable bonds is 4. The van der Waals surface area contributed by atoms with E-state index in [4.69, 9.17) is 4.84 Å². The van der Waals surface area contributed by atoms with Gasteiger partial charge in [-0.2, -0.15) is 0 Å². The lowest BCUT2D eigenvalue weighted by atomic mass is 10.2. The molecule has 1 aromatic rings. The van der Waals surface area contributed by atoms with Gasteiger partial charge in [0.15, 0.2) is 0 Å². The number of carbonyl (C=O) groups excluding carboxylic acids is 1. The minimum Gasteiger partial charge on any atom is -0.275 e. The Hall–Kier alpha value is -0.520. The first-order chi connectivity index (χ1) is 7.95. The molecule has 0 aliphatic carbocycles. The molecule has 0 heterocycles. The van der Waals surface area contributed by atoms with Gasteiger partial charge in [0.2, 0.25) is 0 Å². The van der Waals surface area contributed by atoms with Crippen LogP contribution in [0.25, 0.3) is 0 Å². The van der Waals surface area contributed by atoms with E-state index in [1.807, 2.05) is 13.8 Å². The van der Waals surface area contributed by atoms with Crippen molar-refractivity contribution in [1.29, 1.82) is 0 Å². The maximum atomic E-state index is 11.6. The quantitative estimate of drug-likeness (QED) is 0.631. The van der Waals surface area contributed by atoms with Gasteiger partial charge >= 0.3 is 0 Å². The van der Waals surface area contributed by atoms with Gasteiger partial charge in [-0.15, -0.1) is 11.8 Å². The van der Waals surface area contributed by atoms with Crippen LogP contribution in [-0.2, 0) is 9.63 Å². The smallest absolute Gasteiger partial charge is 0.256 e. The molecule has 3 nitrogen and oxygen atoms in total. The van der Waals surface area contributed by atoms with Crippen LogP contribution in [0.4, 0.5) is 0 Å². The minimum absolute atomic E-state index is 0.0440. The molecule has 0 N–H and O–H groups in total. The number of hydrogen-bond donors (Lipinski definition) is 0. The van der Waals surface area contributed by atoms with Gasteiger partial charge in [0.25, 0.3) is 5.91 Å². The van der Waals surface area contributed by atoms with Gasteiger partial charge in [-0.1, -0.05) is 15.9 Å². The fraction of sp³-hybridized carbons (Fsp3) is 0.417. The largest absolute Gasteiger partial charge is 0.275 e. The second-order valence-electron chi connectivity index (χ2n) is 3.73. The molecular weight excluding hydrogens is 302 g/mol. The average molecular weight is 318 g/mol. The van der Waals surface area contributed by atoms with Crippen molar-refractivity contribution in [1.82, 2.24) is 5.06 Å². The summed E-state index contributed by atoms with van der Waals surface area (Å²) in [6, 6.07) is 4.16. The third-order valence-corrected chi connectivity index (χ3v) is 4.43. The van der Waals surface area contributed by atoms with Crippen LogP contribution < -0.4 is 0 Å². The summed E-state index contributed by atoms with van der Waals surface area (Å²) in [6.45, 7) is 4.08. The molecule has 0 fully saturated rings. The van der Waals surface area contributed by atoms with E-state index >= 15 is 0 Å². The summed E-state index contributed by atoms with van der Waals surface area (Å²) in [6.07, 6.45) is 0. The Labute approximate surface area is 115 Å². The number of hydrogen-bond acceptors (Lipinski definition) is 3. The Kier molecular flexibility index (Phi) is 5.49. The highest BCUT2D eigenvalue weighted by atomic mass is 79.9. The van der Waals surface area contributed by atoms with Crippen molar-refractivity contribution in [2.24, 2.45) is 0 Å². The third kappa shape index (κ3) is 4.01. The van der Waals surface area contributed by atoms with E-state index in [9.17, 15) is 4.79 Å². The molecule has 0 aliphatic heterocycles. The number of amides is 1. The predicted molar refractivity (Wildman–Crippen MR) is 74.1 cm³/mol. The molecule has 1 aromatic carbocycles. The molecule has 0 radical (unpaired) electrons. The molecule has 0 aromatic heterocycles. The zero-order valence-electron chi connectivity index (χ0n) is 10.4. The van der Waals surface area contributed by atoms with E-state index in [1.54, 1.807) is 7.05 Å². The average Bonchev–Trinajstić information content (AvgIpc) is 2.30. The molecule has 94 valence electrons. The van der Waals surface area contributed by atoms with Gasteiger partial charge in [0.05, 0.1) is 12.9 Å². The highest BCUT2D eigenvalue weighted by Crippen LogP contribution is 2.28. The van der Waals surface area contributed by atoms with Crippen LogP contribution in [0.15, 0.2) is 21.5 Å². The van der Waals surface area contributed by atoms with E-state index in [1.165, 1.54) is 35.1 Å². The van der Waals surface area contributed by atoms with Gasteiger partial charge in [0.1, 0.15) is 0 Å². The highest BCUT2D eigenvalue weighted by Gasteiger charge is 2.10. The zero-order chi connectivity index (χ0) is 13.0. The lowest BCUT2D eigenvalue weighted by Gasteiger charge is -2.14. The summed E-state index contributed by atoms with van der Waals surface area (Å²) < 4.78 is 1.10. The van der Waals surface area contributed by atoms with E-state index in [-0.39, 0.29) is 5.91 Å². The molecular formula is C12H16BrNO2S. The van der Waals surface area contributed by atoms with Crippen molar-refractivity contribution in [2.45, 2.75) is 18.7 Å². The summed E-state index contributed by atoms with van der Waals surface area (Å²) >= 11 is 5.02. The van der Waals surface area contributed by atoms with Gasteiger partial charge in [0, 0.05) is 16.4 Å². The fourth-order valence-electron chi connectivity index (χ4n) is 1.24. The van der Waals surface area contributed by atoms with Crippen molar-refractivity contribution in [3.05, 3.63) is 27.7 Å². The van der Waals surface area contributed by atoms with E-state index in [0.717, 1.165) is 9.37 Å². The molecule has 17 heavy (non-hydrogen) atoms. The van der Waals surface area contributed by atoms with Crippen molar-refractivity contribution in [2.75, 3.05) is 19.9 Å². The first-order valence-corrected chi connectivity index (χ1v) is 6.93. The van der Waals surface area contributed by atoms with Gasteiger partial charge in [-0.05, 0) is 37.1 Å². The second-order valence-corrected chi connectivity index (χ2v) is 5.60. The SMILES string of the molecule is CON(C)C(=O)CSc1cc(C)c(Br)cc1C. The first kappa shape index (κ1) is 14.5. The van der Waals surface area contributed by atoms with E-state index in [2.05, 4.69) is 28.1 Å². The molecule has 0 atom stereocenters. The Morgan fingerprint density at radius 2 is 2.06 bits per heavy atom. The summed E-state index contributed by atoms with van der Waals surface area (Å²) in [7, 11) is 3.10. The van der Waals surface area contributed by atoms with Crippen molar-refractivity contribution in [3.8, 4) is 0 Å². The van der Waals surface area contributed by atoms with Crippen LogP contribution in [0, 0.1) is 13.8 Å². The first-order valence-electron chi connectivity index (χ1n) is 5.16. The zero-order valence-corrected chi connectivity index (χ0v) is 12.8. The lowest BCUT2D eigenvalue weighted by Crippen LogP contribution is -2.26. The number of halogens is 1. The maximum Gasteiger partial charge on any atom is 0.256 e. The monoisotopic (exact) mass is 317 g/mol. The van der Waals surface area contributed by atoms with E-state index < -0.39 is 0 Å². The van der Waals surface area contributed by atoms with Gasteiger partial charge in [-0.3, -0.25) is 9.63 Å². The topological polar surface area (TPSA) is 29.5 Å². The van der Waals surface area contributed by atoms with Crippen molar-refractivity contribution < 1.29 is 9.63 Å². The maximum absolute atomic E-state index is 11.6. The van der Waals surface area contributed by atoms with Crippen LogP contribution in [0.1, 0.15) is 11.1 Å². The molecule has 5 heteroatoms. The Balaban J connectivity index is 2.70. The minimum atomic E-state index is -0.0440. The predicted octanol–water partition coefficient (Wildman–Crippen LogP) is 3.18. The molecule has 0 spiro atoms. The Morgan fingerprint density at radius 1 is 1.41 bits per heavy atom. The van der Waals surface area contributed by atoms with Gasteiger partial charge < -0.3 is 0 Å². The standard InChI is InChI=1S/C12H16BrNO2S/c1-8-6-11(9(2)5-10(8)13)17-7-12(15)14(3)16-4/h5-6H,7H2,1-4H3. The van der Waals surface area contributed by atoms with Crippen LogP contribution in [0.3, 0.4) is 0 Å². The van der Waals surface area contributed by atoms with Crippen LogP contribution in [0.2, 0.25) is 0 Å². The normalized spacial score (nSPS) is 10.4. The summed E-state index contributed by atoms with van der Waals surface area (Å²) in [5.41, 5.74) is 2.34. The molecule has 0 saturated carbocycles. The molecule has 0 aliphatic rings. The van der Waals surface area contributed by atoms with E-state index in [0.29, 0.717) is 5.75 Å². The van der Waals surface area contributed by atoms with Crippen LogP contribution >= 0.6 is 27.7 Å². The Morgan fingerprint density at radius 3 is 2.65 bits per heavy atom. The molecule has 0 bridgehead atoms. The van der Waals surface area contributed by atoms with Crippen LogP contribution in [0.5, 0.6) is 0 Å². The number of aryl methyl sites for hydroxylation is 2. The van der Waals surface area contributed by atoms with Gasteiger partial charge in [-0.25, -0.2) is 5.06 Å². The van der Waals surface area contributed by atoms with Crippen molar-refractivity contribution in [3.63, 3.8) is 0 Å². The third-order valence-electron chi connectivity index (χ3n) is 2.43. The molecule has 1 rings (SSSR count). The molecule has 0 saturated heterocycles. The summed E-state index contributed by atoms with van der Waals surface area (Å²) in [5, 5.41) is 1.24. The van der Waals surface area contributed by atoms with Crippen molar-refractivity contribution >= 4 is 33.6 Å². The number of nitrogens with zero attached hydrogens (tertiary/aromatic N) is 1. The summed E-state index contributed by atoms with van der Waals surface area (Å²) in [4.78, 5) is 17.5. The number of hydroxylamine groups is 2. The fourth-order valence-corrected chi connectivity index (χ4v) is 2.71. The number of thioether (sulfide) groups is 1. The lowest BCUT2D eigenvalue weighted by molar-refractivity contribution is -0.165. The number of carbonyl (C=O) groups is 1. The van der Waals surface area contributed by atoms with Crippen LogP contribution in [-0.4, -0.2) is 30.9 Å². The highest BCUT2D eigenvalue weighted by molar-refractivity contribution is 9.10. The second kappa shape index (κ2) is 6.42. The Bertz CT molecular complexity index is 423. The molecule has 0 unspecified atom stereocenters.